The minimum absolute atomic E-state index is 0.0593. The van der Waals surface area contributed by atoms with Crippen molar-refractivity contribution in [3.8, 4) is 22.4 Å². The van der Waals surface area contributed by atoms with Gasteiger partial charge in [0.2, 0.25) is 11.5 Å². The van der Waals surface area contributed by atoms with Crippen molar-refractivity contribution in [2.45, 2.75) is 26.0 Å². The molecule has 9 nitrogen and oxygen atoms in total. The van der Waals surface area contributed by atoms with Gasteiger partial charge in [-0.3, -0.25) is 4.79 Å². The average Bonchev–Trinajstić information content (AvgIpc) is 3.34. The molecule has 1 fully saturated rings. The van der Waals surface area contributed by atoms with Crippen molar-refractivity contribution in [3.63, 3.8) is 0 Å². The van der Waals surface area contributed by atoms with Gasteiger partial charge < -0.3 is 15.0 Å². The minimum Gasteiger partial charge on any atom is -0.376 e. The van der Waals surface area contributed by atoms with Crippen LogP contribution >= 0.6 is 0 Å². The zero-order valence-corrected chi connectivity index (χ0v) is 17.9. The third kappa shape index (κ3) is 3.31. The summed E-state index contributed by atoms with van der Waals surface area (Å²) in [6.45, 7) is 3.13. The second-order valence-electron chi connectivity index (χ2n) is 8.23. The molecule has 0 bridgehead atoms. The standard InChI is InChI=1S/C23H24N6O3/c1-14-10-11-32-17(14)13-28-23(31)29-21(26-28)19(16-8-9-18(30)27(2)12-16)20(25-22(29)24)15-6-4-3-5-7-15/h3-9,12,14,17H,10-11,13H2,1-2H3,(H2,24,25)/t14?,17-/m0/s1. The summed E-state index contributed by atoms with van der Waals surface area (Å²) >= 11 is 0. The molecule has 0 aliphatic carbocycles. The molecule has 4 heterocycles. The maximum absolute atomic E-state index is 13.2. The molecule has 3 aromatic heterocycles. The number of rotatable bonds is 4. The number of anilines is 1. The topological polar surface area (TPSA) is 109 Å². The second kappa shape index (κ2) is 7.76. The number of aromatic nitrogens is 5. The van der Waals surface area contributed by atoms with Gasteiger partial charge in [-0.2, -0.15) is 0 Å². The number of hydrogen-bond acceptors (Lipinski definition) is 6. The van der Waals surface area contributed by atoms with Gasteiger partial charge in [0.25, 0.3) is 0 Å². The Morgan fingerprint density at radius 2 is 1.91 bits per heavy atom. The van der Waals surface area contributed by atoms with E-state index < -0.39 is 0 Å². The van der Waals surface area contributed by atoms with E-state index in [1.54, 1.807) is 19.3 Å². The van der Waals surface area contributed by atoms with Crippen molar-refractivity contribution in [2.75, 3.05) is 12.3 Å². The number of nitrogens with two attached hydrogens (primary N) is 1. The van der Waals surface area contributed by atoms with Crippen LogP contribution in [0.15, 0.2) is 58.3 Å². The first kappa shape index (κ1) is 20.2. The summed E-state index contributed by atoms with van der Waals surface area (Å²) in [6.07, 6.45) is 2.59. The Balaban J connectivity index is 1.79. The molecule has 9 heteroatoms. The van der Waals surface area contributed by atoms with Crippen molar-refractivity contribution in [1.82, 2.24) is 23.7 Å². The van der Waals surface area contributed by atoms with Gasteiger partial charge in [-0.05, 0) is 18.4 Å². The van der Waals surface area contributed by atoms with Gasteiger partial charge in [-0.15, -0.1) is 5.10 Å². The highest BCUT2D eigenvalue weighted by Crippen LogP contribution is 2.34. The number of fused-ring (bicyclic) bond motifs is 1. The zero-order chi connectivity index (χ0) is 22.4. The van der Waals surface area contributed by atoms with E-state index in [1.807, 2.05) is 30.3 Å². The molecule has 5 rings (SSSR count). The molecule has 0 amide bonds. The molecule has 1 aromatic carbocycles. The van der Waals surface area contributed by atoms with Gasteiger partial charge in [-0.1, -0.05) is 37.3 Å². The molecule has 2 N–H and O–H groups in total. The highest BCUT2D eigenvalue weighted by molar-refractivity contribution is 5.90. The van der Waals surface area contributed by atoms with Crippen molar-refractivity contribution in [3.05, 3.63) is 69.5 Å². The summed E-state index contributed by atoms with van der Waals surface area (Å²) in [5, 5.41) is 4.67. The van der Waals surface area contributed by atoms with Crippen LogP contribution in [0.1, 0.15) is 13.3 Å². The van der Waals surface area contributed by atoms with Crippen LogP contribution in [0.5, 0.6) is 0 Å². The number of aryl methyl sites for hydroxylation is 1. The zero-order valence-electron chi connectivity index (χ0n) is 17.9. The lowest BCUT2D eigenvalue weighted by Gasteiger charge is -2.13. The van der Waals surface area contributed by atoms with Crippen LogP contribution in [0.4, 0.5) is 5.95 Å². The van der Waals surface area contributed by atoms with E-state index in [-0.39, 0.29) is 23.3 Å². The number of benzene rings is 1. The lowest BCUT2D eigenvalue weighted by atomic mass is 10.0. The number of nitrogen functional groups attached to an aromatic ring is 1. The van der Waals surface area contributed by atoms with E-state index in [4.69, 9.17) is 10.5 Å². The molecule has 0 spiro atoms. The summed E-state index contributed by atoms with van der Waals surface area (Å²) in [4.78, 5) is 29.8. The van der Waals surface area contributed by atoms with E-state index in [1.165, 1.54) is 19.7 Å². The summed E-state index contributed by atoms with van der Waals surface area (Å²) in [7, 11) is 1.68. The molecular formula is C23H24N6O3. The fourth-order valence-electron chi connectivity index (χ4n) is 4.19. The highest BCUT2D eigenvalue weighted by atomic mass is 16.5. The predicted octanol–water partition coefficient (Wildman–Crippen LogP) is 1.93. The van der Waals surface area contributed by atoms with E-state index >= 15 is 0 Å². The van der Waals surface area contributed by atoms with Gasteiger partial charge in [0.1, 0.15) is 0 Å². The smallest absolute Gasteiger partial charge is 0.353 e. The SMILES string of the molecule is CC1CCO[C@H]1Cn1nc2c(-c3ccc(=O)n(C)c3)c(-c3ccccc3)nc(N)n2c1=O. The lowest BCUT2D eigenvalue weighted by molar-refractivity contribution is 0.0759. The Morgan fingerprint density at radius 3 is 2.59 bits per heavy atom. The molecule has 4 aromatic rings. The first-order valence-corrected chi connectivity index (χ1v) is 10.6. The summed E-state index contributed by atoms with van der Waals surface area (Å²) in [6, 6.07) is 12.8. The van der Waals surface area contributed by atoms with Gasteiger partial charge >= 0.3 is 5.69 Å². The van der Waals surface area contributed by atoms with Crippen LogP contribution in [0, 0.1) is 5.92 Å². The monoisotopic (exact) mass is 432 g/mol. The van der Waals surface area contributed by atoms with E-state index in [2.05, 4.69) is 17.0 Å². The third-order valence-electron chi connectivity index (χ3n) is 6.07. The summed E-state index contributed by atoms with van der Waals surface area (Å²) < 4.78 is 10.0. The summed E-state index contributed by atoms with van der Waals surface area (Å²) in [5.41, 5.74) is 8.93. The number of ether oxygens (including phenoxy) is 1. The fourth-order valence-corrected chi connectivity index (χ4v) is 4.19. The first-order chi connectivity index (χ1) is 15.4. The highest BCUT2D eigenvalue weighted by Gasteiger charge is 2.27. The summed E-state index contributed by atoms with van der Waals surface area (Å²) in [5.74, 6) is 0.397. The van der Waals surface area contributed by atoms with Gasteiger partial charge in [0.15, 0.2) is 5.65 Å². The molecule has 32 heavy (non-hydrogen) atoms. The number of hydrogen-bond donors (Lipinski definition) is 1. The van der Waals surface area contributed by atoms with Crippen LogP contribution in [-0.2, 0) is 18.3 Å². The third-order valence-corrected chi connectivity index (χ3v) is 6.07. The van der Waals surface area contributed by atoms with E-state index in [0.29, 0.717) is 41.5 Å². The Hall–Kier alpha value is -3.72. The lowest BCUT2D eigenvalue weighted by Crippen LogP contribution is -2.30. The molecule has 1 aliphatic heterocycles. The van der Waals surface area contributed by atoms with Crippen molar-refractivity contribution >= 4 is 11.6 Å². The average molecular weight is 432 g/mol. The normalized spacial score (nSPS) is 18.4. The fraction of sp³-hybridized carbons (Fsp3) is 0.304. The minimum atomic E-state index is -0.363. The quantitative estimate of drug-likeness (QED) is 0.528. The maximum atomic E-state index is 13.2. The molecule has 0 radical (unpaired) electrons. The van der Waals surface area contributed by atoms with Crippen LogP contribution in [0.25, 0.3) is 28.0 Å². The van der Waals surface area contributed by atoms with Crippen molar-refractivity contribution < 1.29 is 4.74 Å². The van der Waals surface area contributed by atoms with Crippen LogP contribution < -0.4 is 17.0 Å². The molecule has 1 unspecified atom stereocenters. The van der Waals surface area contributed by atoms with Gasteiger partial charge in [-0.25, -0.2) is 18.9 Å². The van der Waals surface area contributed by atoms with Crippen LogP contribution in [0.3, 0.4) is 0 Å². The van der Waals surface area contributed by atoms with Gasteiger partial charge in [0.05, 0.1) is 23.9 Å². The van der Waals surface area contributed by atoms with Crippen molar-refractivity contribution in [2.24, 2.45) is 13.0 Å². The maximum Gasteiger partial charge on any atom is 0.353 e. The second-order valence-corrected chi connectivity index (χ2v) is 8.23. The molecule has 0 saturated carbocycles. The first-order valence-electron chi connectivity index (χ1n) is 10.6. The molecule has 164 valence electrons. The molecule has 2 atom stereocenters. The van der Waals surface area contributed by atoms with Crippen LogP contribution in [-0.4, -0.2) is 36.4 Å². The van der Waals surface area contributed by atoms with Gasteiger partial charge in [0, 0.05) is 37.0 Å². The predicted molar refractivity (Wildman–Crippen MR) is 121 cm³/mol. The Kier molecular flexibility index (Phi) is 4.90. The Bertz CT molecular complexity index is 1420. The molecule has 1 saturated heterocycles. The van der Waals surface area contributed by atoms with Crippen molar-refractivity contribution in [1.29, 1.82) is 0 Å². The molecule has 1 aliphatic rings. The number of pyridine rings is 1. The Labute approximate surface area is 183 Å². The van der Waals surface area contributed by atoms with Crippen LogP contribution in [0.2, 0.25) is 0 Å². The van der Waals surface area contributed by atoms with E-state index in [9.17, 15) is 9.59 Å². The van der Waals surface area contributed by atoms with E-state index in [0.717, 1.165) is 12.0 Å². The number of nitrogens with zero attached hydrogens (tertiary/aromatic N) is 5. The largest absolute Gasteiger partial charge is 0.376 e. The molecular weight excluding hydrogens is 408 g/mol. The Morgan fingerprint density at radius 1 is 1.12 bits per heavy atom.